The zero-order chi connectivity index (χ0) is 17.5. The summed E-state index contributed by atoms with van der Waals surface area (Å²) >= 11 is 0. The lowest BCUT2D eigenvalue weighted by molar-refractivity contribution is -0.114. The summed E-state index contributed by atoms with van der Waals surface area (Å²) in [6.07, 6.45) is 1.84. The van der Waals surface area contributed by atoms with Gasteiger partial charge < -0.3 is 20.1 Å². The van der Waals surface area contributed by atoms with E-state index in [4.69, 9.17) is 9.47 Å². The van der Waals surface area contributed by atoms with Crippen molar-refractivity contribution in [2.75, 3.05) is 25.1 Å². The minimum Gasteiger partial charge on any atom is -0.490 e. The predicted molar refractivity (Wildman–Crippen MR) is 98.2 cm³/mol. The second kappa shape index (κ2) is 8.53. The van der Waals surface area contributed by atoms with Gasteiger partial charge in [-0.15, -0.1) is 0 Å². The van der Waals surface area contributed by atoms with Crippen LogP contribution in [0.4, 0.5) is 5.69 Å². The van der Waals surface area contributed by atoms with Crippen LogP contribution in [0.25, 0.3) is 0 Å². The lowest BCUT2D eigenvalue weighted by atomic mass is 10.1. The van der Waals surface area contributed by atoms with Crippen LogP contribution in [0.3, 0.4) is 0 Å². The molecular weight excluding hydrogens is 316 g/mol. The van der Waals surface area contributed by atoms with Crippen molar-refractivity contribution in [3.63, 3.8) is 0 Å². The zero-order valence-corrected chi connectivity index (χ0v) is 14.5. The van der Waals surface area contributed by atoms with Crippen molar-refractivity contribution in [3.05, 3.63) is 53.6 Å². The Balaban J connectivity index is 1.49. The second-order valence-corrected chi connectivity index (χ2v) is 6.10. The van der Waals surface area contributed by atoms with E-state index in [1.54, 1.807) is 0 Å². The number of carbonyl (C=O) groups excluding carboxylic acids is 1. The van der Waals surface area contributed by atoms with Crippen LogP contribution in [-0.4, -0.2) is 25.7 Å². The molecule has 0 aliphatic carbocycles. The number of benzene rings is 2. The monoisotopic (exact) mass is 340 g/mol. The van der Waals surface area contributed by atoms with Crippen LogP contribution in [-0.2, 0) is 17.8 Å². The van der Waals surface area contributed by atoms with Gasteiger partial charge in [-0.2, -0.15) is 0 Å². The molecule has 1 aliphatic heterocycles. The SMILES string of the molecule is CC(=O)Nc1ccc(CCNCc2cccc3c2OCCCO3)cc1. The molecule has 1 amide bonds. The van der Waals surface area contributed by atoms with E-state index >= 15 is 0 Å². The topological polar surface area (TPSA) is 59.6 Å². The number of ether oxygens (including phenoxy) is 2. The highest BCUT2D eigenvalue weighted by Crippen LogP contribution is 2.33. The molecule has 0 fully saturated rings. The lowest BCUT2D eigenvalue weighted by Gasteiger charge is -2.13. The molecule has 5 heteroatoms. The van der Waals surface area contributed by atoms with Gasteiger partial charge in [0.2, 0.25) is 5.91 Å². The van der Waals surface area contributed by atoms with Crippen molar-refractivity contribution in [2.45, 2.75) is 26.3 Å². The van der Waals surface area contributed by atoms with Crippen molar-refractivity contribution in [2.24, 2.45) is 0 Å². The Hall–Kier alpha value is -2.53. The van der Waals surface area contributed by atoms with Gasteiger partial charge in [0.15, 0.2) is 11.5 Å². The summed E-state index contributed by atoms with van der Waals surface area (Å²) < 4.78 is 11.6. The van der Waals surface area contributed by atoms with Crippen molar-refractivity contribution >= 4 is 11.6 Å². The van der Waals surface area contributed by atoms with Gasteiger partial charge in [-0.3, -0.25) is 4.79 Å². The molecule has 0 radical (unpaired) electrons. The van der Waals surface area contributed by atoms with Crippen molar-refractivity contribution in [1.29, 1.82) is 0 Å². The molecule has 1 heterocycles. The van der Waals surface area contributed by atoms with Crippen LogP contribution >= 0.6 is 0 Å². The number of hydrogen-bond donors (Lipinski definition) is 2. The molecule has 0 unspecified atom stereocenters. The Morgan fingerprint density at radius 2 is 1.88 bits per heavy atom. The first-order valence-electron chi connectivity index (χ1n) is 8.67. The normalized spacial score (nSPS) is 13.2. The van der Waals surface area contributed by atoms with E-state index in [0.717, 1.165) is 48.7 Å². The molecule has 132 valence electrons. The summed E-state index contributed by atoms with van der Waals surface area (Å²) in [5.41, 5.74) is 3.18. The Kier molecular flexibility index (Phi) is 5.90. The molecule has 0 atom stereocenters. The van der Waals surface area contributed by atoms with Crippen molar-refractivity contribution < 1.29 is 14.3 Å². The van der Waals surface area contributed by atoms with Gasteiger partial charge in [-0.25, -0.2) is 0 Å². The van der Waals surface area contributed by atoms with Gasteiger partial charge in [0.1, 0.15) is 0 Å². The average Bonchev–Trinajstić information content (AvgIpc) is 2.85. The summed E-state index contributed by atoms with van der Waals surface area (Å²) in [4.78, 5) is 11.0. The molecule has 0 saturated carbocycles. The van der Waals surface area contributed by atoms with Gasteiger partial charge in [-0.1, -0.05) is 24.3 Å². The first-order chi connectivity index (χ1) is 12.2. The Bertz CT molecular complexity index is 713. The molecule has 0 bridgehead atoms. The number of para-hydroxylation sites is 1. The minimum absolute atomic E-state index is 0.0531. The van der Waals surface area contributed by atoms with Crippen LogP contribution in [0.1, 0.15) is 24.5 Å². The van der Waals surface area contributed by atoms with E-state index in [1.807, 2.05) is 36.4 Å². The molecule has 3 rings (SSSR count). The number of hydrogen-bond acceptors (Lipinski definition) is 4. The third-order valence-corrected chi connectivity index (χ3v) is 4.03. The molecule has 0 spiro atoms. The fourth-order valence-electron chi connectivity index (χ4n) is 2.81. The molecule has 5 nitrogen and oxygen atoms in total. The zero-order valence-electron chi connectivity index (χ0n) is 14.5. The van der Waals surface area contributed by atoms with Gasteiger partial charge in [0.25, 0.3) is 0 Å². The minimum atomic E-state index is -0.0531. The largest absolute Gasteiger partial charge is 0.490 e. The molecule has 2 aromatic rings. The van der Waals surface area contributed by atoms with Gasteiger partial charge in [-0.05, 0) is 36.7 Å². The third kappa shape index (κ3) is 4.97. The van der Waals surface area contributed by atoms with E-state index in [1.165, 1.54) is 12.5 Å². The van der Waals surface area contributed by atoms with Crippen LogP contribution in [0.2, 0.25) is 0 Å². The standard InChI is InChI=1S/C20H24N2O3/c1-15(23)22-18-8-6-16(7-9-18)10-11-21-14-17-4-2-5-19-20(17)25-13-3-12-24-19/h2,4-9,21H,3,10-14H2,1H3,(H,22,23). The molecule has 25 heavy (non-hydrogen) atoms. The molecule has 0 saturated heterocycles. The van der Waals surface area contributed by atoms with Crippen LogP contribution in [0, 0.1) is 0 Å². The number of carbonyl (C=O) groups is 1. The fraction of sp³-hybridized carbons (Fsp3) is 0.350. The van der Waals surface area contributed by atoms with E-state index in [2.05, 4.69) is 16.7 Å². The van der Waals surface area contributed by atoms with Gasteiger partial charge >= 0.3 is 0 Å². The molecular formula is C20H24N2O3. The molecule has 0 aromatic heterocycles. The van der Waals surface area contributed by atoms with E-state index in [0.29, 0.717) is 13.2 Å². The summed E-state index contributed by atoms with van der Waals surface area (Å²) in [5.74, 6) is 1.65. The van der Waals surface area contributed by atoms with Crippen molar-refractivity contribution in [3.8, 4) is 11.5 Å². The summed E-state index contributed by atoms with van der Waals surface area (Å²) in [6.45, 7) is 4.53. The van der Waals surface area contributed by atoms with Crippen LogP contribution in [0.15, 0.2) is 42.5 Å². The van der Waals surface area contributed by atoms with E-state index in [9.17, 15) is 4.79 Å². The molecule has 2 aromatic carbocycles. The molecule has 2 N–H and O–H groups in total. The predicted octanol–water partition coefficient (Wildman–Crippen LogP) is 3.14. The maximum atomic E-state index is 11.0. The second-order valence-electron chi connectivity index (χ2n) is 6.10. The Morgan fingerprint density at radius 1 is 1.08 bits per heavy atom. The number of anilines is 1. The van der Waals surface area contributed by atoms with Gasteiger partial charge in [0.05, 0.1) is 13.2 Å². The Morgan fingerprint density at radius 3 is 2.68 bits per heavy atom. The lowest BCUT2D eigenvalue weighted by Crippen LogP contribution is -2.17. The number of nitrogens with one attached hydrogen (secondary N) is 2. The van der Waals surface area contributed by atoms with Crippen LogP contribution < -0.4 is 20.1 Å². The fourth-order valence-corrected chi connectivity index (χ4v) is 2.81. The number of rotatable bonds is 6. The maximum absolute atomic E-state index is 11.0. The summed E-state index contributed by atoms with van der Waals surface area (Å²) in [5, 5.41) is 6.24. The maximum Gasteiger partial charge on any atom is 0.221 e. The van der Waals surface area contributed by atoms with Crippen LogP contribution in [0.5, 0.6) is 11.5 Å². The van der Waals surface area contributed by atoms with Gasteiger partial charge in [0, 0.05) is 31.1 Å². The Labute approximate surface area is 148 Å². The van der Waals surface area contributed by atoms with E-state index < -0.39 is 0 Å². The van der Waals surface area contributed by atoms with Crippen molar-refractivity contribution in [1.82, 2.24) is 5.32 Å². The smallest absolute Gasteiger partial charge is 0.221 e. The highest BCUT2D eigenvalue weighted by atomic mass is 16.5. The first kappa shape index (κ1) is 17.3. The highest BCUT2D eigenvalue weighted by molar-refractivity contribution is 5.88. The molecule has 1 aliphatic rings. The third-order valence-electron chi connectivity index (χ3n) is 4.03. The summed E-state index contributed by atoms with van der Waals surface area (Å²) in [7, 11) is 0. The van der Waals surface area contributed by atoms with E-state index in [-0.39, 0.29) is 5.91 Å². The highest BCUT2D eigenvalue weighted by Gasteiger charge is 2.13. The number of fused-ring (bicyclic) bond motifs is 1. The first-order valence-corrected chi connectivity index (χ1v) is 8.67. The quantitative estimate of drug-likeness (QED) is 0.793. The average molecular weight is 340 g/mol. The number of amides is 1. The summed E-state index contributed by atoms with van der Waals surface area (Å²) in [6, 6.07) is 14.0.